The molecule has 1 saturated carbocycles. The summed E-state index contributed by atoms with van der Waals surface area (Å²) >= 11 is 5.50. The second kappa shape index (κ2) is 6.79. The number of nitrogens with one attached hydrogen (secondary N) is 1. The number of halogens is 1. The third-order valence-electron chi connectivity index (χ3n) is 3.42. The molecule has 3 rings (SSSR count). The van der Waals surface area contributed by atoms with Gasteiger partial charge < -0.3 is 5.32 Å². The summed E-state index contributed by atoms with van der Waals surface area (Å²) in [6.45, 7) is 0.994. The molecule has 0 aliphatic heterocycles. The minimum absolute atomic E-state index is 0.770. The predicted octanol–water partition coefficient (Wildman–Crippen LogP) is 4.99. The lowest BCUT2D eigenvalue weighted by Crippen LogP contribution is -2.15. The molecule has 1 aliphatic carbocycles. The van der Waals surface area contributed by atoms with Crippen molar-refractivity contribution in [1.82, 2.24) is 5.32 Å². The summed E-state index contributed by atoms with van der Waals surface area (Å²) in [6, 6.07) is 18.1. The van der Waals surface area contributed by atoms with Crippen molar-refractivity contribution in [3.8, 4) is 0 Å². The first-order valence-electron chi connectivity index (χ1n) is 7.00. The van der Waals surface area contributed by atoms with Crippen molar-refractivity contribution in [2.24, 2.45) is 0 Å². The van der Waals surface area contributed by atoms with E-state index in [0.29, 0.717) is 0 Å². The highest BCUT2D eigenvalue weighted by atomic mass is 79.9. The SMILES string of the molecule is Brc1ccccc1CSc1cccc(CNC2CC2)c1. The van der Waals surface area contributed by atoms with Crippen LogP contribution in [0.2, 0.25) is 0 Å². The average Bonchev–Trinajstić information content (AvgIpc) is 3.29. The second-order valence-corrected chi connectivity index (χ2v) is 7.09. The summed E-state index contributed by atoms with van der Waals surface area (Å²) in [5.41, 5.74) is 2.73. The fourth-order valence-corrected chi connectivity index (χ4v) is 3.67. The van der Waals surface area contributed by atoms with E-state index < -0.39 is 0 Å². The summed E-state index contributed by atoms with van der Waals surface area (Å²) in [5, 5.41) is 3.57. The maximum absolute atomic E-state index is 3.61. The van der Waals surface area contributed by atoms with E-state index in [9.17, 15) is 0 Å². The topological polar surface area (TPSA) is 12.0 Å². The molecule has 0 saturated heterocycles. The Morgan fingerprint density at radius 2 is 1.95 bits per heavy atom. The molecular weight excluding hydrogens is 330 g/mol. The molecule has 1 nitrogen and oxygen atoms in total. The van der Waals surface area contributed by atoms with Crippen LogP contribution in [0.5, 0.6) is 0 Å². The van der Waals surface area contributed by atoms with Crippen molar-refractivity contribution in [2.75, 3.05) is 0 Å². The van der Waals surface area contributed by atoms with Gasteiger partial charge in [-0.1, -0.05) is 46.3 Å². The van der Waals surface area contributed by atoms with Gasteiger partial charge in [0.15, 0.2) is 0 Å². The standard InChI is InChI=1S/C17H18BrNS/c18-17-7-2-1-5-14(17)12-20-16-6-3-4-13(10-16)11-19-15-8-9-15/h1-7,10,15,19H,8-9,11-12H2. The Kier molecular flexibility index (Phi) is 4.81. The van der Waals surface area contributed by atoms with Crippen LogP contribution in [0.3, 0.4) is 0 Å². The van der Waals surface area contributed by atoms with Crippen molar-refractivity contribution in [1.29, 1.82) is 0 Å². The van der Waals surface area contributed by atoms with Crippen molar-refractivity contribution < 1.29 is 0 Å². The Bertz CT molecular complexity index is 581. The minimum Gasteiger partial charge on any atom is -0.310 e. The van der Waals surface area contributed by atoms with Gasteiger partial charge in [0.1, 0.15) is 0 Å². The number of thioether (sulfide) groups is 1. The monoisotopic (exact) mass is 347 g/mol. The normalized spacial score (nSPS) is 14.4. The van der Waals surface area contributed by atoms with Crippen LogP contribution < -0.4 is 5.32 Å². The van der Waals surface area contributed by atoms with E-state index in [-0.39, 0.29) is 0 Å². The molecule has 0 radical (unpaired) electrons. The van der Waals surface area contributed by atoms with Crippen molar-refractivity contribution in [3.63, 3.8) is 0 Å². The van der Waals surface area contributed by atoms with Crippen LogP contribution >= 0.6 is 27.7 Å². The maximum atomic E-state index is 3.61. The highest BCUT2D eigenvalue weighted by molar-refractivity contribution is 9.10. The van der Waals surface area contributed by atoms with Crippen molar-refractivity contribution >= 4 is 27.7 Å². The minimum atomic E-state index is 0.770. The van der Waals surface area contributed by atoms with E-state index >= 15 is 0 Å². The lowest BCUT2D eigenvalue weighted by molar-refractivity contribution is 0.687. The van der Waals surface area contributed by atoms with Crippen LogP contribution in [0.4, 0.5) is 0 Å². The molecule has 0 aromatic heterocycles. The fraction of sp³-hybridized carbons (Fsp3) is 0.294. The van der Waals surface area contributed by atoms with E-state index in [4.69, 9.17) is 0 Å². The Balaban J connectivity index is 1.59. The first-order valence-corrected chi connectivity index (χ1v) is 8.77. The zero-order chi connectivity index (χ0) is 13.8. The van der Waals surface area contributed by atoms with E-state index in [1.54, 1.807) is 0 Å². The van der Waals surface area contributed by atoms with Crippen molar-refractivity contribution in [3.05, 3.63) is 64.1 Å². The lowest BCUT2D eigenvalue weighted by Gasteiger charge is -2.07. The van der Waals surface area contributed by atoms with Crippen LogP contribution in [-0.2, 0) is 12.3 Å². The summed E-state index contributed by atoms with van der Waals surface area (Å²) in [7, 11) is 0. The summed E-state index contributed by atoms with van der Waals surface area (Å²) in [4.78, 5) is 1.34. The Morgan fingerprint density at radius 1 is 1.10 bits per heavy atom. The molecular formula is C17H18BrNS. The number of rotatable bonds is 6. The highest BCUT2D eigenvalue weighted by Crippen LogP contribution is 2.27. The van der Waals surface area contributed by atoms with Gasteiger partial charge in [0, 0.05) is 27.7 Å². The lowest BCUT2D eigenvalue weighted by atomic mass is 10.2. The molecule has 0 amide bonds. The summed E-state index contributed by atoms with van der Waals surface area (Å²) in [6.07, 6.45) is 2.69. The molecule has 2 aromatic carbocycles. The molecule has 0 heterocycles. The van der Waals surface area contributed by atoms with Gasteiger partial charge in [-0.25, -0.2) is 0 Å². The smallest absolute Gasteiger partial charge is 0.0243 e. The molecule has 0 atom stereocenters. The van der Waals surface area contributed by atoms with Gasteiger partial charge >= 0.3 is 0 Å². The van der Waals surface area contributed by atoms with Crippen LogP contribution in [0.25, 0.3) is 0 Å². The van der Waals surface area contributed by atoms with Crippen LogP contribution in [0, 0.1) is 0 Å². The maximum Gasteiger partial charge on any atom is 0.0243 e. The Morgan fingerprint density at radius 3 is 2.75 bits per heavy atom. The van der Waals surface area contributed by atoms with Gasteiger partial charge in [-0.2, -0.15) is 0 Å². The number of benzene rings is 2. The van der Waals surface area contributed by atoms with Crippen LogP contribution in [-0.4, -0.2) is 6.04 Å². The van der Waals surface area contributed by atoms with E-state index in [2.05, 4.69) is 69.8 Å². The second-order valence-electron chi connectivity index (χ2n) is 5.18. The Hall–Kier alpha value is -0.770. The average molecular weight is 348 g/mol. The molecule has 0 bridgehead atoms. The molecule has 1 N–H and O–H groups in total. The summed E-state index contributed by atoms with van der Waals surface area (Å²) < 4.78 is 1.19. The van der Waals surface area contributed by atoms with Crippen LogP contribution in [0.15, 0.2) is 57.9 Å². The zero-order valence-electron chi connectivity index (χ0n) is 11.3. The van der Waals surface area contributed by atoms with Crippen LogP contribution in [0.1, 0.15) is 24.0 Å². The first kappa shape index (κ1) is 14.2. The van der Waals surface area contributed by atoms with Gasteiger partial charge in [-0.05, 0) is 42.2 Å². The predicted molar refractivity (Wildman–Crippen MR) is 90.0 cm³/mol. The molecule has 1 aliphatic rings. The first-order chi connectivity index (χ1) is 9.81. The summed E-state index contributed by atoms with van der Waals surface area (Å²) in [5.74, 6) is 1.00. The van der Waals surface area contributed by atoms with E-state index in [1.807, 2.05) is 11.8 Å². The van der Waals surface area contributed by atoms with Gasteiger partial charge in [-0.15, -0.1) is 11.8 Å². The van der Waals surface area contributed by atoms with E-state index in [1.165, 1.54) is 33.3 Å². The third kappa shape index (κ3) is 4.11. The molecule has 3 heteroatoms. The van der Waals surface area contributed by atoms with Gasteiger partial charge in [0.25, 0.3) is 0 Å². The molecule has 1 fully saturated rings. The molecule has 0 spiro atoms. The zero-order valence-corrected chi connectivity index (χ0v) is 13.7. The van der Waals surface area contributed by atoms with Gasteiger partial charge in [0.05, 0.1) is 0 Å². The molecule has 0 unspecified atom stereocenters. The Labute approximate surface area is 133 Å². The quantitative estimate of drug-likeness (QED) is 0.738. The third-order valence-corrected chi connectivity index (χ3v) is 5.24. The molecule has 2 aromatic rings. The van der Waals surface area contributed by atoms with E-state index in [0.717, 1.165) is 18.3 Å². The molecule has 104 valence electrons. The number of hydrogen-bond donors (Lipinski definition) is 1. The molecule has 20 heavy (non-hydrogen) atoms. The van der Waals surface area contributed by atoms with Crippen molar-refractivity contribution in [2.45, 2.75) is 36.1 Å². The van der Waals surface area contributed by atoms with Gasteiger partial charge in [-0.3, -0.25) is 0 Å². The van der Waals surface area contributed by atoms with Gasteiger partial charge in [0.2, 0.25) is 0 Å². The largest absolute Gasteiger partial charge is 0.310 e. The number of hydrogen-bond acceptors (Lipinski definition) is 2. The fourth-order valence-electron chi connectivity index (χ4n) is 2.07. The highest BCUT2D eigenvalue weighted by Gasteiger charge is 2.19.